The topological polar surface area (TPSA) is 83.8 Å². The molecule has 0 atom stereocenters. The lowest BCUT2D eigenvalue weighted by Gasteiger charge is -1.97. The summed E-state index contributed by atoms with van der Waals surface area (Å²) in [5.74, 6) is -0.169. The molecule has 1 aromatic carbocycles. The maximum Gasteiger partial charge on any atom is 0.350 e. The van der Waals surface area contributed by atoms with E-state index in [9.17, 15) is 9.90 Å². The van der Waals surface area contributed by atoms with E-state index >= 15 is 0 Å². The van der Waals surface area contributed by atoms with E-state index in [1.807, 2.05) is 0 Å². The van der Waals surface area contributed by atoms with Crippen LogP contribution < -0.4 is 5.43 Å². The Kier molecular flexibility index (Phi) is 4.89. The fraction of sp³-hybridized carbons (Fsp3) is 0.214. The number of nitrogens with one attached hydrogen (secondary N) is 1. The number of thiazole rings is 1. The first-order valence-corrected chi connectivity index (χ1v) is 7.14. The predicted molar refractivity (Wildman–Crippen MR) is 82.1 cm³/mol. The molecule has 21 heavy (non-hydrogen) atoms. The van der Waals surface area contributed by atoms with Gasteiger partial charge in [-0.05, 0) is 43.7 Å². The van der Waals surface area contributed by atoms with E-state index < -0.39 is 0 Å². The third-order valence-electron chi connectivity index (χ3n) is 2.52. The normalized spacial score (nSPS) is 10.8. The summed E-state index contributed by atoms with van der Waals surface area (Å²) in [4.78, 5) is 16.3. The second-order valence-electron chi connectivity index (χ2n) is 4.12. The Morgan fingerprint density at radius 2 is 2.19 bits per heavy atom. The minimum Gasteiger partial charge on any atom is -0.508 e. The molecule has 0 saturated heterocycles. The summed E-state index contributed by atoms with van der Waals surface area (Å²) in [5.41, 5.74) is 4.22. The number of ether oxygens (including phenoxy) is 1. The highest BCUT2D eigenvalue weighted by Crippen LogP contribution is 2.23. The molecule has 2 aromatic rings. The summed E-state index contributed by atoms with van der Waals surface area (Å²) in [6.45, 7) is 3.84. The molecule has 0 radical (unpaired) electrons. The van der Waals surface area contributed by atoms with Gasteiger partial charge in [-0.15, -0.1) is 0 Å². The fourth-order valence-corrected chi connectivity index (χ4v) is 2.36. The highest BCUT2D eigenvalue weighted by atomic mass is 32.1. The average Bonchev–Trinajstić information content (AvgIpc) is 2.82. The number of phenols is 1. The number of aromatic hydroxyl groups is 1. The van der Waals surface area contributed by atoms with Gasteiger partial charge >= 0.3 is 5.97 Å². The summed E-state index contributed by atoms with van der Waals surface area (Å²) >= 11 is 1.19. The van der Waals surface area contributed by atoms with Gasteiger partial charge in [-0.2, -0.15) is 5.10 Å². The highest BCUT2D eigenvalue weighted by molar-refractivity contribution is 7.17. The monoisotopic (exact) mass is 305 g/mol. The SMILES string of the molecule is CCOC(=O)c1sc(N/N=C/c2ccc(O)cc2)nc1C. The van der Waals surface area contributed by atoms with Crippen molar-refractivity contribution in [2.24, 2.45) is 5.10 Å². The lowest BCUT2D eigenvalue weighted by atomic mass is 10.2. The van der Waals surface area contributed by atoms with Gasteiger partial charge in [0.15, 0.2) is 0 Å². The number of aromatic nitrogens is 1. The molecule has 6 nitrogen and oxygen atoms in total. The van der Waals surface area contributed by atoms with Crippen LogP contribution in [0.1, 0.15) is 27.9 Å². The molecule has 7 heteroatoms. The van der Waals surface area contributed by atoms with E-state index in [-0.39, 0.29) is 11.7 Å². The number of esters is 1. The molecule has 0 unspecified atom stereocenters. The molecule has 0 amide bonds. The van der Waals surface area contributed by atoms with E-state index in [0.717, 1.165) is 5.56 Å². The Morgan fingerprint density at radius 1 is 1.48 bits per heavy atom. The van der Waals surface area contributed by atoms with Crippen LogP contribution in [0.3, 0.4) is 0 Å². The van der Waals surface area contributed by atoms with E-state index in [0.29, 0.717) is 22.3 Å². The Balaban J connectivity index is 2.02. The van der Waals surface area contributed by atoms with Crippen LogP contribution in [-0.2, 0) is 4.74 Å². The van der Waals surface area contributed by atoms with Gasteiger partial charge < -0.3 is 9.84 Å². The van der Waals surface area contributed by atoms with Gasteiger partial charge in [0.1, 0.15) is 10.6 Å². The summed E-state index contributed by atoms with van der Waals surface area (Å²) in [7, 11) is 0. The molecule has 0 aliphatic rings. The maximum atomic E-state index is 11.7. The zero-order valence-corrected chi connectivity index (χ0v) is 12.5. The largest absolute Gasteiger partial charge is 0.508 e. The van der Waals surface area contributed by atoms with Crippen molar-refractivity contribution in [3.05, 3.63) is 40.4 Å². The van der Waals surface area contributed by atoms with Crippen molar-refractivity contribution in [1.82, 2.24) is 4.98 Å². The van der Waals surface area contributed by atoms with Crippen molar-refractivity contribution in [2.45, 2.75) is 13.8 Å². The smallest absolute Gasteiger partial charge is 0.350 e. The van der Waals surface area contributed by atoms with Crippen molar-refractivity contribution in [3.63, 3.8) is 0 Å². The second kappa shape index (κ2) is 6.85. The van der Waals surface area contributed by atoms with Crippen LogP contribution >= 0.6 is 11.3 Å². The molecule has 1 heterocycles. The van der Waals surface area contributed by atoms with Gasteiger partial charge in [-0.25, -0.2) is 9.78 Å². The van der Waals surface area contributed by atoms with Crippen LogP contribution in [0.2, 0.25) is 0 Å². The molecule has 0 fully saturated rings. The van der Waals surface area contributed by atoms with Gasteiger partial charge in [0.2, 0.25) is 5.13 Å². The fourth-order valence-electron chi connectivity index (χ4n) is 1.55. The van der Waals surface area contributed by atoms with Crippen molar-refractivity contribution in [2.75, 3.05) is 12.0 Å². The number of carbonyl (C=O) groups is 1. The number of hydrazone groups is 1. The zero-order chi connectivity index (χ0) is 15.2. The lowest BCUT2D eigenvalue weighted by Crippen LogP contribution is -2.03. The minimum absolute atomic E-state index is 0.203. The van der Waals surface area contributed by atoms with E-state index in [4.69, 9.17) is 4.74 Å². The standard InChI is InChI=1S/C14H15N3O3S/c1-3-20-13(19)12-9(2)16-14(21-12)17-15-8-10-4-6-11(18)7-5-10/h4-8,18H,3H2,1-2H3,(H,16,17)/b15-8+. The van der Waals surface area contributed by atoms with E-state index in [1.165, 1.54) is 11.3 Å². The number of hydrogen-bond acceptors (Lipinski definition) is 7. The number of nitrogens with zero attached hydrogens (tertiary/aromatic N) is 2. The van der Waals surface area contributed by atoms with Crippen molar-refractivity contribution in [3.8, 4) is 5.75 Å². The van der Waals surface area contributed by atoms with Gasteiger partial charge in [0.25, 0.3) is 0 Å². The number of anilines is 1. The van der Waals surface area contributed by atoms with Gasteiger partial charge in [-0.3, -0.25) is 5.43 Å². The first-order valence-electron chi connectivity index (χ1n) is 6.32. The molecule has 1 aromatic heterocycles. The second-order valence-corrected chi connectivity index (χ2v) is 5.11. The molecule has 2 N–H and O–H groups in total. The first kappa shape index (κ1) is 15.0. The first-order chi connectivity index (χ1) is 10.1. The Morgan fingerprint density at radius 3 is 2.86 bits per heavy atom. The summed E-state index contributed by atoms with van der Waals surface area (Å²) in [6.07, 6.45) is 1.60. The quantitative estimate of drug-likeness (QED) is 0.504. The third-order valence-corrected chi connectivity index (χ3v) is 3.57. The number of carbonyl (C=O) groups excluding carboxylic acids is 1. The molecule has 0 aliphatic carbocycles. The number of benzene rings is 1. The molecule has 0 aliphatic heterocycles. The number of rotatable bonds is 5. The molecular weight excluding hydrogens is 290 g/mol. The van der Waals surface area contributed by atoms with Crippen molar-refractivity contribution in [1.29, 1.82) is 0 Å². The van der Waals surface area contributed by atoms with Gasteiger partial charge in [0, 0.05) is 0 Å². The maximum absolute atomic E-state index is 11.7. The van der Waals surface area contributed by atoms with E-state index in [2.05, 4.69) is 15.5 Å². The minimum atomic E-state index is -0.372. The summed E-state index contributed by atoms with van der Waals surface area (Å²) < 4.78 is 4.95. The number of phenolic OH excluding ortho intramolecular Hbond substituents is 1. The molecular formula is C14H15N3O3S. The Hall–Kier alpha value is -2.41. The molecule has 0 spiro atoms. The van der Waals surface area contributed by atoms with E-state index in [1.54, 1.807) is 44.3 Å². The summed E-state index contributed by atoms with van der Waals surface area (Å²) in [6, 6.07) is 6.62. The van der Waals surface area contributed by atoms with Gasteiger partial charge in [0.05, 0.1) is 18.5 Å². The number of hydrogen-bond donors (Lipinski definition) is 2. The van der Waals surface area contributed by atoms with Crippen LogP contribution in [0.25, 0.3) is 0 Å². The summed E-state index contributed by atoms with van der Waals surface area (Å²) in [5, 5.41) is 13.7. The van der Waals surface area contributed by atoms with Crippen LogP contribution in [-0.4, -0.2) is 28.9 Å². The molecule has 110 valence electrons. The molecule has 2 rings (SSSR count). The highest BCUT2D eigenvalue weighted by Gasteiger charge is 2.15. The molecule has 0 bridgehead atoms. The third kappa shape index (κ3) is 4.03. The Labute approximate surface area is 126 Å². The molecule has 0 saturated carbocycles. The van der Waals surface area contributed by atoms with Crippen LogP contribution in [0.4, 0.5) is 5.13 Å². The van der Waals surface area contributed by atoms with Crippen LogP contribution in [0.5, 0.6) is 5.75 Å². The van der Waals surface area contributed by atoms with Crippen LogP contribution in [0, 0.1) is 6.92 Å². The Bertz CT molecular complexity index is 650. The number of aryl methyl sites for hydroxylation is 1. The van der Waals surface area contributed by atoms with Crippen LogP contribution in [0.15, 0.2) is 29.4 Å². The average molecular weight is 305 g/mol. The lowest BCUT2D eigenvalue weighted by molar-refractivity contribution is 0.0531. The van der Waals surface area contributed by atoms with Crippen molar-refractivity contribution < 1.29 is 14.6 Å². The van der Waals surface area contributed by atoms with Crippen molar-refractivity contribution >= 4 is 28.7 Å². The van der Waals surface area contributed by atoms with Gasteiger partial charge in [-0.1, -0.05) is 11.3 Å². The zero-order valence-electron chi connectivity index (χ0n) is 11.7. The predicted octanol–water partition coefficient (Wildman–Crippen LogP) is 2.78.